The van der Waals surface area contributed by atoms with E-state index in [0.29, 0.717) is 6.54 Å². The minimum atomic E-state index is 0.0582. The van der Waals surface area contributed by atoms with Gasteiger partial charge < -0.3 is 14.5 Å². The molecule has 0 saturated carbocycles. The van der Waals surface area contributed by atoms with Crippen molar-refractivity contribution in [1.29, 1.82) is 0 Å². The molecule has 0 aliphatic carbocycles. The van der Waals surface area contributed by atoms with Crippen LogP contribution in [0.1, 0.15) is 19.4 Å². The lowest BCUT2D eigenvalue weighted by Gasteiger charge is -2.26. The highest BCUT2D eigenvalue weighted by molar-refractivity contribution is 5.74. The number of nitrogens with zero attached hydrogens (tertiary/aromatic N) is 2. The third-order valence-electron chi connectivity index (χ3n) is 2.91. The lowest BCUT2D eigenvalue weighted by molar-refractivity contribution is 0.165. The predicted molar refractivity (Wildman–Crippen MR) is 72.8 cm³/mol. The highest BCUT2D eigenvalue weighted by Crippen LogP contribution is 2.14. The molecule has 0 atom stereocenters. The molecule has 1 rings (SSSR count). The normalized spacial score (nSPS) is 10.0. The van der Waals surface area contributed by atoms with E-state index in [0.717, 1.165) is 24.4 Å². The Bertz CT molecular complexity index is 389. The maximum absolute atomic E-state index is 12.1. The number of rotatable bonds is 5. The molecule has 0 bridgehead atoms. The van der Waals surface area contributed by atoms with Crippen molar-refractivity contribution in [3.8, 4) is 5.75 Å². The van der Waals surface area contributed by atoms with Gasteiger partial charge in [-0.2, -0.15) is 0 Å². The first kappa shape index (κ1) is 14.4. The van der Waals surface area contributed by atoms with E-state index in [1.807, 2.05) is 45.2 Å². The second kappa shape index (κ2) is 6.89. The number of ether oxygens (including phenoxy) is 1. The fourth-order valence-electron chi connectivity index (χ4n) is 1.85. The van der Waals surface area contributed by atoms with Crippen LogP contribution in [-0.4, -0.2) is 43.1 Å². The Balaban J connectivity index is 2.68. The zero-order valence-corrected chi connectivity index (χ0v) is 11.6. The van der Waals surface area contributed by atoms with Gasteiger partial charge in [0.1, 0.15) is 5.75 Å². The summed E-state index contributed by atoms with van der Waals surface area (Å²) < 4.78 is 5.17. The average molecular weight is 250 g/mol. The van der Waals surface area contributed by atoms with Gasteiger partial charge in [0.2, 0.25) is 0 Å². The zero-order valence-electron chi connectivity index (χ0n) is 11.6. The SMILES string of the molecule is CCN(CC)C(=O)N(C)Cc1cccc(OC)c1. The summed E-state index contributed by atoms with van der Waals surface area (Å²) in [7, 11) is 3.46. The largest absolute Gasteiger partial charge is 0.497 e. The molecule has 100 valence electrons. The summed E-state index contributed by atoms with van der Waals surface area (Å²) in [5, 5.41) is 0. The molecular formula is C14H22N2O2. The van der Waals surface area contributed by atoms with Crippen LogP contribution in [-0.2, 0) is 6.54 Å². The second-order valence-corrected chi connectivity index (χ2v) is 4.16. The molecule has 1 aromatic rings. The first-order chi connectivity index (χ1) is 8.62. The molecule has 0 spiro atoms. The van der Waals surface area contributed by atoms with Gasteiger partial charge in [-0.3, -0.25) is 0 Å². The van der Waals surface area contributed by atoms with Crippen LogP contribution in [0.4, 0.5) is 4.79 Å². The highest BCUT2D eigenvalue weighted by atomic mass is 16.5. The summed E-state index contributed by atoms with van der Waals surface area (Å²) in [4.78, 5) is 15.6. The van der Waals surface area contributed by atoms with Gasteiger partial charge in [0, 0.05) is 26.7 Å². The van der Waals surface area contributed by atoms with Gasteiger partial charge in [-0.05, 0) is 31.5 Å². The Morgan fingerprint density at radius 2 is 1.94 bits per heavy atom. The molecule has 0 radical (unpaired) electrons. The van der Waals surface area contributed by atoms with Gasteiger partial charge in [-0.25, -0.2) is 4.79 Å². The van der Waals surface area contributed by atoms with Crippen molar-refractivity contribution in [2.75, 3.05) is 27.2 Å². The molecule has 2 amide bonds. The maximum Gasteiger partial charge on any atom is 0.320 e. The Hall–Kier alpha value is -1.71. The van der Waals surface area contributed by atoms with Crippen LogP contribution >= 0.6 is 0 Å². The summed E-state index contributed by atoms with van der Waals surface area (Å²) in [6.07, 6.45) is 0. The average Bonchev–Trinajstić information content (AvgIpc) is 2.40. The number of urea groups is 1. The minimum Gasteiger partial charge on any atom is -0.497 e. The topological polar surface area (TPSA) is 32.8 Å². The van der Waals surface area contributed by atoms with Gasteiger partial charge in [0.25, 0.3) is 0 Å². The van der Waals surface area contributed by atoms with Gasteiger partial charge in [-0.15, -0.1) is 0 Å². The third kappa shape index (κ3) is 3.65. The van der Waals surface area contributed by atoms with Crippen LogP contribution < -0.4 is 4.74 Å². The fraction of sp³-hybridized carbons (Fsp3) is 0.500. The number of benzene rings is 1. The number of methoxy groups -OCH3 is 1. The third-order valence-corrected chi connectivity index (χ3v) is 2.91. The predicted octanol–water partition coefficient (Wildman–Crippen LogP) is 2.59. The van der Waals surface area contributed by atoms with Crippen molar-refractivity contribution in [1.82, 2.24) is 9.80 Å². The van der Waals surface area contributed by atoms with E-state index in [1.165, 1.54) is 0 Å². The molecule has 0 unspecified atom stereocenters. The number of hydrogen-bond donors (Lipinski definition) is 0. The molecule has 1 aromatic carbocycles. The molecule has 0 heterocycles. The smallest absolute Gasteiger partial charge is 0.320 e. The number of amides is 2. The van der Waals surface area contributed by atoms with Crippen molar-refractivity contribution in [2.45, 2.75) is 20.4 Å². The molecule has 0 fully saturated rings. The molecule has 0 aromatic heterocycles. The van der Waals surface area contributed by atoms with E-state index in [1.54, 1.807) is 16.9 Å². The molecule has 4 heteroatoms. The van der Waals surface area contributed by atoms with Crippen LogP contribution in [0.15, 0.2) is 24.3 Å². The van der Waals surface area contributed by atoms with Crippen molar-refractivity contribution in [2.24, 2.45) is 0 Å². The minimum absolute atomic E-state index is 0.0582. The Labute approximate surface area is 109 Å². The first-order valence-electron chi connectivity index (χ1n) is 6.25. The van der Waals surface area contributed by atoms with Crippen LogP contribution in [0, 0.1) is 0 Å². The van der Waals surface area contributed by atoms with Gasteiger partial charge in [0.05, 0.1) is 7.11 Å². The number of carbonyl (C=O) groups is 1. The van der Waals surface area contributed by atoms with E-state index < -0.39 is 0 Å². The second-order valence-electron chi connectivity index (χ2n) is 4.16. The highest BCUT2D eigenvalue weighted by Gasteiger charge is 2.14. The molecule has 0 aliphatic rings. The van der Waals surface area contributed by atoms with Crippen molar-refractivity contribution in [3.05, 3.63) is 29.8 Å². The standard InChI is InChI=1S/C14H22N2O2/c1-5-16(6-2)14(17)15(3)11-12-8-7-9-13(10-12)18-4/h7-10H,5-6,11H2,1-4H3. The summed E-state index contributed by atoms with van der Waals surface area (Å²) in [6, 6.07) is 7.84. The van der Waals surface area contributed by atoms with Gasteiger partial charge in [0.15, 0.2) is 0 Å². The summed E-state index contributed by atoms with van der Waals surface area (Å²) in [6.45, 7) is 6.03. The molecule has 18 heavy (non-hydrogen) atoms. The maximum atomic E-state index is 12.1. The summed E-state index contributed by atoms with van der Waals surface area (Å²) in [5.41, 5.74) is 1.07. The summed E-state index contributed by atoms with van der Waals surface area (Å²) in [5.74, 6) is 0.816. The fourth-order valence-corrected chi connectivity index (χ4v) is 1.85. The quantitative estimate of drug-likeness (QED) is 0.804. The van der Waals surface area contributed by atoms with Crippen LogP contribution in [0.2, 0.25) is 0 Å². The van der Waals surface area contributed by atoms with E-state index in [9.17, 15) is 4.79 Å². The lowest BCUT2D eigenvalue weighted by atomic mass is 10.2. The van der Waals surface area contributed by atoms with Crippen molar-refractivity contribution in [3.63, 3.8) is 0 Å². The van der Waals surface area contributed by atoms with Gasteiger partial charge in [-0.1, -0.05) is 12.1 Å². The number of hydrogen-bond acceptors (Lipinski definition) is 2. The number of carbonyl (C=O) groups excluding carboxylic acids is 1. The van der Waals surface area contributed by atoms with Crippen LogP contribution in [0.5, 0.6) is 5.75 Å². The lowest BCUT2D eigenvalue weighted by Crippen LogP contribution is -2.40. The Morgan fingerprint density at radius 3 is 2.50 bits per heavy atom. The monoisotopic (exact) mass is 250 g/mol. The Kier molecular flexibility index (Phi) is 5.49. The van der Waals surface area contributed by atoms with Gasteiger partial charge >= 0.3 is 6.03 Å². The molecular weight excluding hydrogens is 228 g/mol. The zero-order chi connectivity index (χ0) is 13.5. The van der Waals surface area contributed by atoms with E-state index in [2.05, 4.69) is 0 Å². The molecule has 0 N–H and O–H groups in total. The first-order valence-corrected chi connectivity index (χ1v) is 6.25. The van der Waals surface area contributed by atoms with Crippen LogP contribution in [0.3, 0.4) is 0 Å². The van der Waals surface area contributed by atoms with Crippen LogP contribution in [0.25, 0.3) is 0 Å². The van der Waals surface area contributed by atoms with E-state index >= 15 is 0 Å². The molecule has 0 saturated heterocycles. The molecule has 0 aliphatic heterocycles. The van der Waals surface area contributed by atoms with Crippen molar-refractivity contribution < 1.29 is 9.53 Å². The van der Waals surface area contributed by atoms with Crippen molar-refractivity contribution >= 4 is 6.03 Å². The Morgan fingerprint density at radius 1 is 1.28 bits per heavy atom. The van der Waals surface area contributed by atoms with E-state index in [4.69, 9.17) is 4.74 Å². The summed E-state index contributed by atoms with van der Waals surface area (Å²) >= 11 is 0. The van der Waals surface area contributed by atoms with E-state index in [-0.39, 0.29) is 6.03 Å². The molecule has 4 nitrogen and oxygen atoms in total.